The number of nitro groups is 1. The van der Waals surface area contributed by atoms with Gasteiger partial charge in [-0.1, -0.05) is 18.2 Å². The lowest BCUT2D eigenvalue weighted by molar-refractivity contribution is -0.384. The molecule has 18 heavy (non-hydrogen) atoms. The minimum Gasteiger partial charge on any atom is -0.489 e. The molecule has 0 aromatic heterocycles. The van der Waals surface area contributed by atoms with Crippen LogP contribution in [-0.2, 0) is 6.61 Å². The molecule has 0 radical (unpaired) electrons. The summed E-state index contributed by atoms with van der Waals surface area (Å²) in [7, 11) is 0. The van der Waals surface area contributed by atoms with Gasteiger partial charge in [0.2, 0.25) is 0 Å². The van der Waals surface area contributed by atoms with Gasteiger partial charge in [0.05, 0.1) is 11.0 Å². The molecule has 0 aliphatic rings. The Morgan fingerprint density at radius 2 is 1.89 bits per heavy atom. The van der Waals surface area contributed by atoms with Crippen molar-refractivity contribution in [3.63, 3.8) is 0 Å². The first kappa shape index (κ1) is 12.0. The van der Waals surface area contributed by atoms with Crippen LogP contribution in [0.1, 0.15) is 5.56 Å². The molecule has 0 heterocycles. The van der Waals surface area contributed by atoms with Crippen LogP contribution in [0.5, 0.6) is 5.75 Å². The maximum absolute atomic E-state index is 12.7. The Labute approximate surface area is 103 Å². The van der Waals surface area contributed by atoms with Gasteiger partial charge < -0.3 is 4.74 Å². The van der Waals surface area contributed by atoms with Crippen molar-refractivity contribution >= 4 is 5.69 Å². The Balaban J connectivity index is 2.04. The van der Waals surface area contributed by atoms with Crippen molar-refractivity contribution in [2.45, 2.75) is 6.61 Å². The molecule has 0 amide bonds. The molecule has 0 bridgehead atoms. The minimum atomic E-state index is -0.481. The van der Waals surface area contributed by atoms with Gasteiger partial charge in [-0.3, -0.25) is 10.1 Å². The molecule has 0 spiro atoms. The first-order valence-electron chi connectivity index (χ1n) is 5.27. The van der Waals surface area contributed by atoms with Gasteiger partial charge >= 0.3 is 0 Å². The molecule has 0 atom stereocenters. The number of non-ortho nitro benzene ring substituents is 1. The Morgan fingerprint density at radius 1 is 1.17 bits per heavy atom. The van der Waals surface area contributed by atoms with Crippen LogP contribution in [0, 0.1) is 15.9 Å². The summed E-state index contributed by atoms with van der Waals surface area (Å²) in [5, 5.41) is 10.6. The molecule has 0 fully saturated rings. The Morgan fingerprint density at radius 3 is 2.56 bits per heavy atom. The Bertz CT molecular complexity index is 554. The maximum atomic E-state index is 12.7. The van der Waals surface area contributed by atoms with Crippen molar-refractivity contribution in [3.8, 4) is 5.75 Å². The maximum Gasteiger partial charge on any atom is 0.273 e. The smallest absolute Gasteiger partial charge is 0.273 e. The molecule has 5 heteroatoms. The SMILES string of the molecule is O=[N+]([O-])c1cccc(OCc2ccc(F)cc2)c1. The van der Waals surface area contributed by atoms with E-state index in [2.05, 4.69) is 0 Å². The van der Waals surface area contributed by atoms with Crippen molar-refractivity contribution in [1.82, 2.24) is 0 Å². The number of ether oxygens (including phenoxy) is 1. The van der Waals surface area contributed by atoms with E-state index < -0.39 is 4.92 Å². The van der Waals surface area contributed by atoms with Crippen molar-refractivity contribution in [2.75, 3.05) is 0 Å². The predicted molar refractivity (Wildman–Crippen MR) is 63.8 cm³/mol. The molecule has 0 unspecified atom stereocenters. The molecular weight excluding hydrogens is 237 g/mol. The average molecular weight is 247 g/mol. The number of nitro benzene ring substituents is 1. The summed E-state index contributed by atoms with van der Waals surface area (Å²) >= 11 is 0. The number of hydrogen-bond acceptors (Lipinski definition) is 3. The summed E-state index contributed by atoms with van der Waals surface area (Å²) in [4.78, 5) is 10.1. The molecule has 0 aliphatic heterocycles. The van der Waals surface area contributed by atoms with Gasteiger partial charge in [0.1, 0.15) is 18.2 Å². The van der Waals surface area contributed by atoms with Crippen LogP contribution in [0.2, 0.25) is 0 Å². The molecule has 4 nitrogen and oxygen atoms in total. The Kier molecular flexibility index (Phi) is 3.52. The first-order chi connectivity index (χ1) is 8.65. The second-order valence-electron chi connectivity index (χ2n) is 3.67. The largest absolute Gasteiger partial charge is 0.489 e. The van der Waals surface area contributed by atoms with E-state index >= 15 is 0 Å². The van der Waals surface area contributed by atoms with Gasteiger partial charge in [0.15, 0.2) is 0 Å². The second kappa shape index (κ2) is 5.27. The van der Waals surface area contributed by atoms with Crippen LogP contribution in [0.4, 0.5) is 10.1 Å². The van der Waals surface area contributed by atoms with Crippen molar-refractivity contribution < 1.29 is 14.1 Å². The number of nitrogens with zero attached hydrogens (tertiary/aromatic N) is 1. The second-order valence-corrected chi connectivity index (χ2v) is 3.67. The lowest BCUT2D eigenvalue weighted by Crippen LogP contribution is -1.96. The normalized spacial score (nSPS) is 10.1. The quantitative estimate of drug-likeness (QED) is 0.615. The van der Waals surface area contributed by atoms with Gasteiger partial charge in [0.25, 0.3) is 5.69 Å². The summed E-state index contributed by atoms with van der Waals surface area (Å²) in [5.74, 6) is 0.0997. The zero-order chi connectivity index (χ0) is 13.0. The molecule has 2 aromatic carbocycles. The highest BCUT2D eigenvalue weighted by Gasteiger charge is 2.06. The van der Waals surface area contributed by atoms with E-state index in [1.54, 1.807) is 24.3 Å². The van der Waals surface area contributed by atoms with E-state index in [4.69, 9.17) is 4.74 Å². The van der Waals surface area contributed by atoms with Crippen LogP contribution < -0.4 is 4.74 Å². The summed E-state index contributed by atoms with van der Waals surface area (Å²) in [6, 6.07) is 11.8. The van der Waals surface area contributed by atoms with Crippen LogP contribution in [0.25, 0.3) is 0 Å². The number of benzene rings is 2. The van der Waals surface area contributed by atoms with Crippen LogP contribution in [0.3, 0.4) is 0 Å². The number of hydrogen-bond donors (Lipinski definition) is 0. The fourth-order valence-electron chi connectivity index (χ4n) is 1.43. The van der Waals surface area contributed by atoms with Crippen molar-refractivity contribution in [2.24, 2.45) is 0 Å². The van der Waals surface area contributed by atoms with Gasteiger partial charge in [-0.2, -0.15) is 0 Å². The highest BCUT2D eigenvalue weighted by Crippen LogP contribution is 2.20. The van der Waals surface area contributed by atoms with Gasteiger partial charge in [-0.15, -0.1) is 0 Å². The third-order valence-electron chi connectivity index (χ3n) is 2.35. The molecule has 0 aliphatic carbocycles. The number of rotatable bonds is 4. The van der Waals surface area contributed by atoms with Gasteiger partial charge in [-0.25, -0.2) is 4.39 Å². The fourth-order valence-corrected chi connectivity index (χ4v) is 1.43. The zero-order valence-corrected chi connectivity index (χ0v) is 9.38. The average Bonchev–Trinajstić information content (AvgIpc) is 2.38. The number of halogens is 1. The fraction of sp³-hybridized carbons (Fsp3) is 0.0769. The third-order valence-corrected chi connectivity index (χ3v) is 2.35. The summed E-state index contributed by atoms with van der Waals surface area (Å²) in [6.07, 6.45) is 0. The summed E-state index contributed by atoms with van der Waals surface area (Å²) in [6.45, 7) is 0.238. The molecule has 92 valence electrons. The van der Waals surface area contributed by atoms with Gasteiger partial charge in [-0.05, 0) is 23.8 Å². The van der Waals surface area contributed by atoms with Crippen molar-refractivity contribution in [1.29, 1.82) is 0 Å². The Hall–Kier alpha value is -2.43. The van der Waals surface area contributed by atoms with E-state index in [0.717, 1.165) is 5.56 Å². The van der Waals surface area contributed by atoms with E-state index in [1.165, 1.54) is 24.3 Å². The molecular formula is C13H10FNO3. The first-order valence-corrected chi connectivity index (χ1v) is 5.27. The van der Waals surface area contributed by atoms with Crippen LogP contribution >= 0.6 is 0 Å². The highest BCUT2D eigenvalue weighted by molar-refractivity contribution is 5.38. The minimum absolute atomic E-state index is 0.0217. The van der Waals surface area contributed by atoms with Crippen LogP contribution in [-0.4, -0.2) is 4.92 Å². The standard InChI is InChI=1S/C13H10FNO3/c14-11-6-4-10(5-7-11)9-18-13-3-1-2-12(8-13)15(16)17/h1-8H,9H2. The van der Waals surface area contributed by atoms with Crippen molar-refractivity contribution in [3.05, 3.63) is 70.0 Å². The summed E-state index contributed by atoms with van der Waals surface area (Å²) in [5.41, 5.74) is 0.773. The molecule has 0 saturated heterocycles. The molecule has 2 aromatic rings. The lowest BCUT2D eigenvalue weighted by Gasteiger charge is -2.05. The van der Waals surface area contributed by atoms with E-state index in [0.29, 0.717) is 5.75 Å². The van der Waals surface area contributed by atoms with Gasteiger partial charge in [0, 0.05) is 6.07 Å². The van der Waals surface area contributed by atoms with Crippen LogP contribution in [0.15, 0.2) is 48.5 Å². The highest BCUT2D eigenvalue weighted by atomic mass is 19.1. The third kappa shape index (κ3) is 3.04. The van der Waals surface area contributed by atoms with E-state index in [1.807, 2.05) is 0 Å². The zero-order valence-electron chi connectivity index (χ0n) is 9.38. The monoisotopic (exact) mass is 247 g/mol. The topological polar surface area (TPSA) is 52.4 Å². The summed E-state index contributed by atoms with van der Waals surface area (Å²) < 4.78 is 18.1. The van der Waals surface area contributed by atoms with E-state index in [-0.39, 0.29) is 18.1 Å². The predicted octanol–water partition coefficient (Wildman–Crippen LogP) is 3.31. The lowest BCUT2D eigenvalue weighted by atomic mass is 10.2. The molecule has 0 N–H and O–H groups in total. The molecule has 0 saturated carbocycles. The molecule has 2 rings (SSSR count). The van der Waals surface area contributed by atoms with E-state index in [9.17, 15) is 14.5 Å².